The van der Waals surface area contributed by atoms with Crippen LogP contribution in [0.25, 0.3) is 0 Å². The second-order valence-electron chi connectivity index (χ2n) is 4.70. The van der Waals surface area contributed by atoms with E-state index in [4.69, 9.17) is 10.5 Å². The zero-order valence-electron chi connectivity index (χ0n) is 12.1. The molecule has 0 saturated heterocycles. The molecule has 0 saturated carbocycles. The summed E-state index contributed by atoms with van der Waals surface area (Å²) in [5.41, 5.74) is 6.77. The monoisotopic (exact) mass is 272 g/mol. The van der Waals surface area contributed by atoms with Gasteiger partial charge in [-0.15, -0.1) is 0 Å². The highest BCUT2D eigenvalue weighted by Gasteiger charge is 2.09. The Balaban J connectivity index is 2.21. The standard InChI is InChI=1S/C15H20N4O/c1-4-10(2)15-18-13(16)9-14(19-15)17-11-5-7-12(20-3)8-6-11/h5-10H,4H2,1-3H3,(H3,16,17,18,19). The minimum atomic E-state index is 0.287. The number of nitrogens with one attached hydrogen (secondary N) is 1. The number of rotatable bonds is 5. The SMILES string of the molecule is CCC(C)c1nc(N)cc(Nc2ccc(OC)cc2)n1. The van der Waals surface area contributed by atoms with Gasteiger partial charge in [0.2, 0.25) is 0 Å². The number of aromatic nitrogens is 2. The maximum atomic E-state index is 5.84. The summed E-state index contributed by atoms with van der Waals surface area (Å²) < 4.78 is 5.13. The second-order valence-corrected chi connectivity index (χ2v) is 4.70. The van der Waals surface area contributed by atoms with Crippen molar-refractivity contribution < 1.29 is 4.74 Å². The molecule has 0 bridgehead atoms. The van der Waals surface area contributed by atoms with Gasteiger partial charge in [0.25, 0.3) is 0 Å². The van der Waals surface area contributed by atoms with Crippen LogP contribution in [0.3, 0.4) is 0 Å². The largest absolute Gasteiger partial charge is 0.497 e. The van der Waals surface area contributed by atoms with Crippen LogP contribution in [0.15, 0.2) is 30.3 Å². The first kappa shape index (κ1) is 14.1. The molecule has 2 aromatic rings. The fraction of sp³-hybridized carbons (Fsp3) is 0.333. The number of anilines is 3. The van der Waals surface area contributed by atoms with Crippen LogP contribution in [0.5, 0.6) is 5.75 Å². The van der Waals surface area contributed by atoms with Gasteiger partial charge >= 0.3 is 0 Å². The molecule has 1 aromatic carbocycles. The molecule has 1 aromatic heterocycles. The molecule has 0 aliphatic carbocycles. The molecule has 5 nitrogen and oxygen atoms in total. The molecular formula is C15H20N4O. The summed E-state index contributed by atoms with van der Waals surface area (Å²) in [6, 6.07) is 9.38. The molecular weight excluding hydrogens is 252 g/mol. The number of hydrogen-bond donors (Lipinski definition) is 2. The van der Waals surface area contributed by atoms with Crippen molar-refractivity contribution in [2.24, 2.45) is 0 Å². The molecule has 106 valence electrons. The fourth-order valence-corrected chi connectivity index (χ4v) is 1.77. The Hall–Kier alpha value is -2.30. The van der Waals surface area contributed by atoms with Gasteiger partial charge in [-0.25, -0.2) is 9.97 Å². The number of nitrogens with two attached hydrogens (primary N) is 1. The highest BCUT2D eigenvalue weighted by molar-refractivity contribution is 5.59. The summed E-state index contributed by atoms with van der Waals surface area (Å²) in [6.45, 7) is 4.19. The topological polar surface area (TPSA) is 73.1 Å². The van der Waals surface area contributed by atoms with Gasteiger partial charge in [0, 0.05) is 17.7 Å². The minimum Gasteiger partial charge on any atom is -0.497 e. The van der Waals surface area contributed by atoms with Crippen molar-refractivity contribution in [3.63, 3.8) is 0 Å². The van der Waals surface area contributed by atoms with E-state index in [1.54, 1.807) is 13.2 Å². The third-order valence-electron chi connectivity index (χ3n) is 3.18. The Bertz CT molecular complexity index is 569. The summed E-state index contributed by atoms with van der Waals surface area (Å²) in [7, 11) is 1.64. The second kappa shape index (κ2) is 6.23. The van der Waals surface area contributed by atoms with Gasteiger partial charge in [-0.3, -0.25) is 0 Å². The lowest BCUT2D eigenvalue weighted by Crippen LogP contribution is -2.06. The first-order valence-electron chi connectivity index (χ1n) is 6.68. The van der Waals surface area contributed by atoms with E-state index in [-0.39, 0.29) is 5.92 Å². The molecule has 5 heteroatoms. The molecule has 0 amide bonds. The highest BCUT2D eigenvalue weighted by Crippen LogP contribution is 2.22. The molecule has 20 heavy (non-hydrogen) atoms. The number of hydrogen-bond acceptors (Lipinski definition) is 5. The third-order valence-corrected chi connectivity index (χ3v) is 3.18. The summed E-state index contributed by atoms with van der Waals surface area (Å²) in [6.07, 6.45) is 0.978. The van der Waals surface area contributed by atoms with E-state index in [1.807, 2.05) is 24.3 Å². The normalized spacial score (nSPS) is 11.9. The van der Waals surface area contributed by atoms with E-state index >= 15 is 0 Å². The van der Waals surface area contributed by atoms with Crippen LogP contribution in [0.4, 0.5) is 17.3 Å². The number of nitrogens with zero attached hydrogens (tertiary/aromatic N) is 2. The summed E-state index contributed by atoms with van der Waals surface area (Å²) in [5, 5.41) is 3.23. The Morgan fingerprint density at radius 1 is 1.25 bits per heavy atom. The Morgan fingerprint density at radius 3 is 2.55 bits per heavy atom. The highest BCUT2D eigenvalue weighted by atomic mass is 16.5. The first-order valence-corrected chi connectivity index (χ1v) is 6.68. The zero-order valence-corrected chi connectivity index (χ0v) is 12.1. The number of benzene rings is 1. The Labute approximate surface area is 119 Å². The van der Waals surface area contributed by atoms with Crippen LogP contribution in [-0.2, 0) is 0 Å². The molecule has 1 unspecified atom stereocenters. The van der Waals surface area contributed by atoms with Gasteiger partial charge in [0.15, 0.2) is 0 Å². The van der Waals surface area contributed by atoms with Gasteiger partial charge in [-0.05, 0) is 30.7 Å². The van der Waals surface area contributed by atoms with Crippen LogP contribution >= 0.6 is 0 Å². The predicted molar refractivity (Wildman–Crippen MR) is 81.4 cm³/mol. The average Bonchev–Trinajstić information content (AvgIpc) is 2.46. The fourth-order valence-electron chi connectivity index (χ4n) is 1.77. The number of ether oxygens (including phenoxy) is 1. The van der Waals surface area contributed by atoms with E-state index in [2.05, 4.69) is 29.1 Å². The predicted octanol–water partition coefficient (Wildman–Crippen LogP) is 3.32. The van der Waals surface area contributed by atoms with Gasteiger partial charge in [0.1, 0.15) is 23.2 Å². The molecule has 0 fully saturated rings. The molecule has 0 aliphatic rings. The molecule has 0 spiro atoms. The molecule has 0 radical (unpaired) electrons. The first-order chi connectivity index (χ1) is 9.62. The zero-order chi connectivity index (χ0) is 14.5. The van der Waals surface area contributed by atoms with E-state index < -0.39 is 0 Å². The van der Waals surface area contributed by atoms with Gasteiger partial charge in [0.05, 0.1) is 7.11 Å². The van der Waals surface area contributed by atoms with Crippen molar-refractivity contribution >= 4 is 17.3 Å². The molecule has 3 N–H and O–H groups in total. The molecule has 1 heterocycles. The lowest BCUT2D eigenvalue weighted by Gasteiger charge is -2.11. The lowest BCUT2D eigenvalue weighted by molar-refractivity contribution is 0.415. The smallest absolute Gasteiger partial charge is 0.136 e. The van der Waals surface area contributed by atoms with Crippen LogP contribution in [0, 0.1) is 0 Å². The maximum Gasteiger partial charge on any atom is 0.136 e. The van der Waals surface area contributed by atoms with Crippen molar-refractivity contribution in [1.29, 1.82) is 0 Å². The van der Waals surface area contributed by atoms with Gasteiger partial charge in [-0.2, -0.15) is 0 Å². The van der Waals surface area contributed by atoms with E-state index in [0.717, 1.165) is 23.7 Å². The van der Waals surface area contributed by atoms with Gasteiger partial charge in [-0.1, -0.05) is 13.8 Å². The van der Waals surface area contributed by atoms with Gasteiger partial charge < -0.3 is 15.8 Å². The summed E-state index contributed by atoms with van der Waals surface area (Å²) in [4.78, 5) is 8.79. The van der Waals surface area contributed by atoms with E-state index in [9.17, 15) is 0 Å². The Morgan fingerprint density at radius 2 is 1.95 bits per heavy atom. The maximum absolute atomic E-state index is 5.84. The van der Waals surface area contributed by atoms with Crippen molar-refractivity contribution in [3.05, 3.63) is 36.2 Å². The Kier molecular flexibility index (Phi) is 4.40. The molecule has 2 rings (SSSR count). The molecule has 0 aliphatic heterocycles. The van der Waals surface area contributed by atoms with Crippen LogP contribution in [0.1, 0.15) is 32.0 Å². The quantitative estimate of drug-likeness (QED) is 0.873. The van der Waals surface area contributed by atoms with Crippen molar-refractivity contribution in [1.82, 2.24) is 9.97 Å². The number of methoxy groups -OCH3 is 1. The van der Waals surface area contributed by atoms with Crippen molar-refractivity contribution in [2.75, 3.05) is 18.2 Å². The summed E-state index contributed by atoms with van der Waals surface area (Å²) >= 11 is 0. The lowest BCUT2D eigenvalue weighted by atomic mass is 10.1. The van der Waals surface area contributed by atoms with Crippen LogP contribution < -0.4 is 15.8 Å². The summed E-state index contributed by atoms with van der Waals surface area (Å²) in [5.74, 6) is 3.06. The molecule has 1 atom stereocenters. The average molecular weight is 272 g/mol. The minimum absolute atomic E-state index is 0.287. The number of nitrogen functional groups attached to an aromatic ring is 1. The van der Waals surface area contributed by atoms with E-state index in [0.29, 0.717) is 11.6 Å². The van der Waals surface area contributed by atoms with Crippen molar-refractivity contribution in [2.45, 2.75) is 26.2 Å². The van der Waals surface area contributed by atoms with Crippen molar-refractivity contribution in [3.8, 4) is 5.75 Å². The van der Waals surface area contributed by atoms with Crippen LogP contribution in [-0.4, -0.2) is 17.1 Å². The third kappa shape index (κ3) is 3.38. The van der Waals surface area contributed by atoms with E-state index in [1.165, 1.54) is 0 Å². The van der Waals surface area contributed by atoms with Crippen LogP contribution in [0.2, 0.25) is 0 Å².